The molecule has 1 aliphatic rings. The SMILES string of the molecule is Cc1ccc(=O)n(C2COCC2Nc2ncnc3nc[nH]c23)n1. The predicted octanol–water partition coefficient (Wildman–Crippen LogP) is 0.270. The number of nitrogens with one attached hydrogen (secondary N) is 2. The van der Waals surface area contributed by atoms with Gasteiger partial charge in [-0.3, -0.25) is 4.79 Å². The fourth-order valence-corrected chi connectivity index (χ4v) is 2.73. The molecule has 3 aromatic rings. The molecule has 0 saturated carbocycles. The maximum atomic E-state index is 12.1. The number of aryl methyl sites for hydroxylation is 1. The number of rotatable bonds is 3. The third-order valence-electron chi connectivity index (χ3n) is 3.87. The third-order valence-corrected chi connectivity index (χ3v) is 3.87. The van der Waals surface area contributed by atoms with E-state index in [1.807, 2.05) is 6.92 Å². The van der Waals surface area contributed by atoms with E-state index in [0.717, 1.165) is 11.2 Å². The molecule has 2 atom stereocenters. The van der Waals surface area contributed by atoms with Crippen molar-refractivity contribution >= 4 is 17.0 Å². The molecular formula is C14H15N7O2. The molecule has 0 amide bonds. The van der Waals surface area contributed by atoms with Gasteiger partial charge in [-0.1, -0.05) is 0 Å². The van der Waals surface area contributed by atoms with E-state index in [9.17, 15) is 4.79 Å². The quantitative estimate of drug-likeness (QED) is 0.714. The fraction of sp³-hybridized carbons (Fsp3) is 0.357. The second kappa shape index (κ2) is 5.43. The van der Waals surface area contributed by atoms with Crippen molar-refractivity contribution in [1.82, 2.24) is 29.7 Å². The van der Waals surface area contributed by atoms with Crippen LogP contribution < -0.4 is 10.9 Å². The molecule has 3 aromatic heterocycles. The van der Waals surface area contributed by atoms with Crippen LogP contribution in [0, 0.1) is 6.92 Å². The summed E-state index contributed by atoms with van der Waals surface area (Å²) in [5, 5.41) is 7.65. The normalized spacial score (nSPS) is 20.9. The number of nitrogens with zero attached hydrogens (tertiary/aromatic N) is 5. The molecule has 23 heavy (non-hydrogen) atoms. The van der Waals surface area contributed by atoms with E-state index in [0.29, 0.717) is 24.7 Å². The first-order valence-corrected chi connectivity index (χ1v) is 7.27. The van der Waals surface area contributed by atoms with E-state index in [1.165, 1.54) is 17.1 Å². The van der Waals surface area contributed by atoms with Crippen LogP contribution in [0.25, 0.3) is 11.2 Å². The summed E-state index contributed by atoms with van der Waals surface area (Å²) < 4.78 is 7.03. The first-order chi connectivity index (χ1) is 11.2. The number of H-pyrrole nitrogens is 1. The number of hydrogen-bond donors (Lipinski definition) is 2. The molecule has 9 nitrogen and oxygen atoms in total. The van der Waals surface area contributed by atoms with Gasteiger partial charge in [0, 0.05) is 6.07 Å². The van der Waals surface area contributed by atoms with Crippen molar-refractivity contribution in [2.45, 2.75) is 19.0 Å². The zero-order valence-corrected chi connectivity index (χ0v) is 12.4. The molecule has 0 bridgehead atoms. The molecule has 2 N–H and O–H groups in total. The van der Waals surface area contributed by atoms with Crippen molar-refractivity contribution in [3.63, 3.8) is 0 Å². The number of imidazole rings is 1. The van der Waals surface area contributed by atoms with Gasteiger partial charge in [0.1, 0.15) is 17.9 Å². The molecule has 1 fully saturated rings. The van der Waals surface area contributed by atoms with E-state index in [4.69, 9.17) is 4.74 Å². The van der Waals surface area contributed by atoms with Gasteiger partial charge in [0.25, 0.3) is 5.56 Å². The largest absolute Gasteiger partial charge is 0.377 e. The summed E-state index contributed by atoms with van der Waals surface area (Å²) in [4.78, 5) is 27.6. The standard InChI is InChI=1S/C14H15N7O2/c1-8-2-3-11(22)21(20-8)10-5-23-4-9(10)19-14-12-13(16-6-15-12)17-7-18-14/h2-3,6-7,9-10H,4-5H2,1H3,(H2,15,16,17,18,19). The van der Waals surface area contributed by atoms with Crippen molar-refractivity contribution in [3.05, 3.63) is 40.8 Å². The number of ether oxygens (including phenoxy) is 1. The second-order valence-corrected chi connectivity index (χ2v) is 5.44. The minimum atomic E-state index is -0.199. The monoisotopic (exact) mass is 313 g/mol. The Morgan fingerprint density at radius 2 is 2.22 bits per heavy atom. The highest BCUT2D eigenvalue weighted by atomic mass is 16.5. The Morgan fingerprint density at radius 3 is 3.13 bits per heavy atom. The van der Waals surface area contributed by atoms with Gasteiger partial charge < -0.3 is 15.0 Å². The molecule has 1 aliphatic heterocycles. The zero-order valence-electron chi connectivity index (χ0n) is 12.4. The summed E-state index contributed by atoms with van der Waals surface area (Å²) >= 11 is 0. The van der Waals surface area contributed by atoms with Crippen molar-refractivity contribution in [3.8, 4) is 0 Å². The summed E-state index contributed by atoms with van der Waals surface area (Å²) in [6.45, 7) is 2.74. The number of anilines is 1. The maximum absolute atomic E-state index is 12.1. The minimum absolute atomic E-state index is 0.122. The van der Waals surface area contributed by atoms with Crippen LogP contribution in [0.2, 0.25) is 0 Å². The van der Waals surface area contributed by atoms with Crippen LogP contribution in [0.15, 0.2) is 29.6 Å². The lowest BCUT2D eigenvalue weighted by Crippen LogP contribution is -2.37. The third kappa shape index (κ3) is 2.44. The second-order valence-electron chi connectivity index (χ2n) is 5.44. The van der Waals surface area contributed by atoms with E-state index in [1.54, 1.807) is 12.4 Å². The number of fused-ring (bicyclic) bond motifs is 1. The van der Waals surface area contributed by atoms with E-state index in [2.05, 4.69) is 30.4 Å². The summed E-state index contributed by atoms with van der Waals surface area (Å²) in [5.74, 6) is 0.633. The molecule has 9 heteroatoms. The molecule has 2 unspecified atom stereocenters. The molecule has 0 radical (unpaired) electrons. The highest BCUT2D eigenvalue weighted by Gasteiger charge is 2.32. The number of aromatic amines is 1. The molecule has 118 valence electrons. The van der Waals surface area contributed by atoms with Crippen LogP contribution in [0.3, 0.4) is 0 Å². The summed E-state index contributed by atoms with van der Waals surface area (Å²) in [6, 6.07) is 2.91. The molecule has 0 spiro atoms. The van der Waals surface area contributed by atoms with E-state index < -0.39 is 0 Å². The van der Waals surface area contributed by atoms with Crippen molar-refractivity contribution in [1.29, 1.82) is 0 Å². The van der Waals surface area contributed by atoms with Gasteiger partial charge >= 0.3 is 0 Å². The Kier molecular flexibility index (Phi) is 3.27. The Labute approximate surface area is 130 Å². The van der Waals surface area contributed by atoms with Crippen LogP contribution >= 0.6 is 0 Å². The lowest BCUT2D eigenvalue weighted by atomic mass is 10.1. The highest BCUT2D eigenvalue weighted by Crippen LogP contribution is 2.23. The van der Waals surface area contributed by atoms with E-state index >= 15 is 0 Å². The van der Waals surface area contributed by atoms with Gasteiger partial charge in [0.2, 0.25) is 0 Å². The lowest BCUT2D eigenvalue weighted by Gasteiger charge is -2.20. The van der Waals surface area contributed by atoms with Gasteiger partial charge in [0.15, 0.2) is 11.5 Å². The van der Waals surface area contributed by atoms with Gasteiger partial charge in [-0.15, -0.1) is 0 Å². The van der Waals surface area contributed by atoms with Crippen LogP contribution in [0.5, 0.6) is 0 Å². The highest BCUT2D eigenvalue weighted by molar-refractivity contribution is 5.82. The van der Waals surface area contributed by atoms with Crippen molar-refractivity contribution in [2.24, 2.45) is 0 Å². The average Bonchev–Trinajstić information content (AvgIpc) is 3.19. The molecule has 4 heterocycles. The smallest absolute Gasteiger partial charge is 0.267 e. The van der Waals surface area contributed by atoms with Crippen LogP contribution in [0.4, 0.5) is 5.82 Å². The first kappa shape index (κ1) is 13.8. The van der Waals surface area contributed by atoms with Gasteiger partial charge in [-0.25, -0.2) is 19.6 Å². The predicted molar refractivity (Wildman–Crippen MR) is 82.2 cm³/mol. The zero-order chi connectivity index (χ0) is 15.8. The Balaban J connectivity index is 1.67. The van der Waals surface area contributed by atoms with Gasteiger partial charge in [-0.05, 0) is 13.0 Å². The van der Waals surface area contributed by atoms with E-state index in [-0.39, 0.29) is 17.6 Å². The van der Waals surface area contributed by atoms with Crippen molar-refractivity contribution in [2.75, 3.05) is 18.5 Å². The Morgan fingerprint density at radius 1 is 1.30 bits per heavy atom. The van der Waals surface area contributed by atoms with Crippen LogP contribution in [0.1, 0.15) is 11.7 Å². The Bertz CT molecular complexity index is 903. The van der Waals surface area contributed by atoms with Crippen LogP contribution in [-0.4, -0.2) is 49.0 Å². The van der Waals surface area contributed by atoms with Gasteiger partial charge in [0.05, 0.1) is 31.3 Å². The molecule has 1 saturated heterocycles. The molecule has 0 aromatic carbocycles. The molecule has 4 rings (SSSR count). The summed E-state index contributed by atoms with van der Waals surface area (Å²) in [5.41, 5.74) is 1.95. The first-order valence-electron chi connectivity index (χ1n) is 7.27. The molecular weight excluding hydrogens is 298 g/mol. The topological polar surface area (TPSA) is 111 Å². The van der Waals surface area contributed by atoms with Crippen molar-refractivity contribution < 1.29 is 4.74 Å². The minimum Gasteiger partial charge on any atom is -0.377 e. The molecule has 0 aliphatic carbocycles. The van der Waals surface area contributed by atoms with Gasteiger partial charge in [-0.2, -0.15) is 5.10 Å². The fourth-order valence-electron chi connectivity index (χ4n) is 2.73. The maximum Gasteiger partial charge on any atom is 0.267 e. The van der Waals surface area contributed by atoms with Crippen LogP contribution in [-0.2, 0) is 4.74 Å². The number of hydrogen-bond acceptors (Lipinski definition) is 7. The lowest BCUT2D eigenvalue weighted by molar-refractivity contribution is 0.182. The average molecular weight is 313 g/mol. The number of aromatic nitrogens is 6. The summed E-state index contributed by atoms with van der Waals surface area (Å²) in [6.07, 6.45) is 3.02. The Hall–Kier alpha value is -2.81. The summed E-state index contributed by atoms with van der Waals surface area (Å²) in [7, 11) is 0.